The van der Waals surface area contributed by atoms with Gasteiger partial charge in [-0.1, -0.05) is 0 Å². The summed E-state index contributed by atoms with van der Waals surface area (Å²) in [4.78, 5) is 2.38. The quantitative estimate of drug-likeness (QED) is 0.739. The summed E-state index contributed by atoms with van der Waals surface area (Å²) in [5, 5.41) is 3.19. The Balaban J connectivity index is 1.94. The molecule has 0 spiro atoms. The van der Waals surface area contributed by atoms with E-state index in [-0.39, 0.29) is 0 Å². The predicted molar refractivity (Wildman–Crippen MR) is 62.7 cm³/mol. The third kappa shape index (κ3) is 2.42. The number of anilines is 1. The van der Waals surface area contributed by atoms with Gasteiger partial charge in [-0.15, -0.1) is 0 Å². The van der Waals surface area contributed by atoms with Crippen LogP contribution in [-0.2, 0) is 0 Å². The highest BCUT2D eigenvalue weighted by Crippen LogP contribution is 2.28. The third-order valence-corrected chi connectivity index (χ3v) is 2.63. The normalized spacial score (nSPS) is 19.1. The summed E-state index contributed by atoms with van der Waals surface area (Å²) in [5.74, 6) is 0.952. The van der Waals surface area contributed by atoms with E-state index in [9.17, 15) is 0 Å². The van der Waals surface area contributed by atoms with Crippen molar-refractivity contribution < 1.29 is 4.74 Å². The number of rotatable bonds is 5. The van der Waals surface area contributed by atoms with Gasteiger partial charge in [-0.2, -0.15) is 0 Å². The number of benzene rings is 1. The molecule has 1 heterocycles. The third-order valence-electron chi connectivity index (χ3n) is 2.63. The molecule has 3 nitrogen and oxygen atoms in total. The zero-order valence-corrected chi connectivity index (χ0v) is 9.36. The second-order valence-corrected chi connectivity index (χ2v) is 3.79. The fraction of sp³-hybridized carbons (Fsp3) is 0.500. The van der Waals surface area contributed by atoms with Crippen LogP contribution in [0.2, 0.25) is 0 Å². The minimum absolute atomic E-state index is 0.674. The number of hydrogen-bond donors (Lipinski definition) is 1. The first-order valence-electron chi connectivity index (χ1n) is 5.49. The van der Waals surface area contributed by atoms with E-state index in [2.05, 4.69) is 22.3 Å². The van der Waals surface area contributed by atoms with Crippen LogP contribution in [-0.4, -0.2) is 32.8 Å². The first kappa shape index (κ1) is 10.3. The van der Waals surface area contributed by atoms with Crippen molar-refractivity contribution in [3.8, 4) is 5.75 Å². The van der Waals surface area contributed by atoms with Crippen LogP contribution in [0.15, 0.2) is 24.3 Å². The molecule has 3 heteroatoms. The van der Waals surface area contributed by atoms with Crippen molar-refractivity contribution in [1.29, 1.82) is 0 Å². The van der Waals surface area contributed by atoms with Gasteiger partial charge in [-0.3, -0.25) is 0 Å². The maximum Gasteiger partial charge on any atom is 0.119 e. The Bertz CT molecular complexity index is 310. The molecular formula is C12H18N2O. The minimum Gasteiger partial charge on any atom is -0.494 e. The number of nitrogens with one attached hydrogen (secondary N) is 1. The number of nitrogens with zero attached hydrogens (tertiary/aromatic N) is 1. The van der Waals surface area contributed by atoms with Gasteiger partial charge in [-0.25, -0.2) is 0 Å². The summed E-state index contributed by atoms with van der Waals surface area (Å²) < 4.78 is 5.40. The zero-order valence-electron chi connectivity index (χ0n) is 9.36. The minimum atomic E-state index is 0.674. The first-order chi connectivity index (χ1) is 7.35. The maximum absolute atomic E-state index is 5.40. The van der Waals surface area contributed by atoms with Crippen molar-refractivity contribution in [2.24, 2.45) is 0 Å². The average Bonchev–Trinajstić information content (AvgIpc) is 3.00. The first-order valence-corrected chi connectivity index (χ1v) is 5.49. The molecule has 0 aliphatic carbocycles. The van der Waals surface area contributed by atoms with E-state index in [1.165, 1.54) is 5.69 Å². The van der Waals surface area contributed by atoms with E-state index in [4.69, 9.17) is 4.74 Å². The van der Waals surface area contributed by atoms with Crippen LogP contribution in [0.1, 0.15) is 6.92 Å². The van der Waals surface area contributed by atoms with Crippen molar-refractivity contribution in [3.05, 3.63) is 24.3 Å². The van der Waals surface area contributed by atoms with E-state index in [0.717, 1.165) is 25.4 Å². The van der Waals surface area contributed by atoms with Crippen LogP contribution in [0, 0.1) is 0 Å². The maximum atomic E-state index is 5.40. The number of likely N-dealkylation sites (N-methyl/N-ethyl adjacent to an activating group) is 1. The van der Waals surface area contributed by atoms with Crippen LogP contribution < -0.4 is 15.0 Å². The highest BCUT2D eigenvalue weighted by Gasteiger charge is 2.32. The molecule has 1 N–H and O–H groups in total. The molecule has 1 atom stereocenters. The Morgan fingerprint density at radius 1 is 1.40 bits per heavy atom. The van der Waals surface area contributed by atoms with Gasteiger partial charge in [0.2, 0.25) is 0 Å². The Hall–Kier alpha value is -1.22. The molecule has 15 heavy (non-hydrogen) atoms. The lowest BCUT2D eigenvalue weighted by atomic mass is 10.3. The van der Waals surface area contributed by atoms with Crippen molar-refractivity contribution in [2.45, 2.75) is 13.0 Å². The molecular weight excluding hydrogens is 188 g/mol. The summed E-state index contributed by atoms with van der Waals surface area (Å²) in [6, 6.07) is 9.00. The fourth-order valence-corrected chi connectivity index (χ4v) is 1.81. The highest BCUT2D eigenvalue weighted by atomic mass is 16.5. The molecule has 0 radical (unpaired) electrons. The van der Waals surface area contributed by atoms with Gasteiger partial charge in [0, 0.05) is 18.8 Å². The average molecular weight is 206 g/mol. The monoisotopic (exact) mass is 206 g/mol. The van der Waals surface area contributed by atoms with E-state index < -0.39 is 0 Å². The molecule has 1 aliphatic rings. The van der Waals surface area contributed by atoms with E-state index in [1.807, 2.05) is 26.1 Å². The second-order valence-electron chi connectivity index (χ2n) is 3.79. The summed E-state index contributed by atoms with van der Waals surface area (Å²) in [6.45, 7) is 4.95. The van der Waals surface area contributed by atoms with Crippen LogP contribution in [0.5, 0.6) is 5.75 Å². The van der Waals surface area contributed by atoms with Crippen LogP contribution in [0.3, 0.4) is 0 Å². The molecule has 1 unspecified atom stereocenters. The highest BCUT2D eigenvalue weighted by molar-refractivity contribution is 5.55. The fourth-order valence-electron chi connectivity index (χ4n) is 1.81. The second kappa shape index (κ2) is 4.53. The predicted octanol–water partition coefficient (Wildman–Crippen LogP) is 1.49. The summed E-state index contributed by atoms with van der Waals surface area (Å²) in [7, 11) is 1.99. The lowest BCUT2D eigenvalue weighted by Gasteiger charge is -2.07. The van der Waals surface area contributed by atoms with Crippen molar-refractivity contribution in [2.75, 3.05) is 31.6 Å². The molecule has 0 aromatic heterocycles. The number of ether oxygens (including phenoxy) is 1. The largest absolute Gasteiger partial charge is 0.494 e. The van der Waals surface area contributed by atoms with E-state index >= 15 is 0 Å². The Morgan fingerprint density at radius 3 is 2.73 bits per heavy atom. The van der Waals surface area contributed by atoms with Gasteiger partial charge < -0.3 is 15.0 Å². The molecule has 82 valence electrons. The van der Waals surface area contributed by atoms with E-state index in [0.29, 0.717) is 6.04 Å². The van der Waals surface area contributed by atoms with Gasteiger partial charge in [-0.05, 0) is 38.2 Å². The van der Waals surface area contributed by atoms with Gasteiger partial charge >= 0.3 is 0 Å². The van der Waals surface area contributed by atoms with E-state index in [1.54, 1.807) is 0 Å². The zero-order chi connectivity index (χ0) is 10.7. The molecule has 1 aromatic carbocycles. The molecule has 2 rings (SSSR count). The van der Waals surface area contributed by atoms with Crippen molar-refractivity contribution in [1.82, 2.24) is 5.32 Å². The molecule has 1 saturated heterocycles. The molecule has 0 amide bonds. The smallest absolute Gasteiger partial charge is 0.119 e. The Labute approximate surface area is 91.0 Å². The standard InChI is InChI=1S/C12H18N2O/c1-3-15-12-6-4-10(5-7-12)14-9-11(14)8-13-2/h4-7,11,13H,3,8-9H2,1-2H3. The molecule has 1 aromatic rings. The van der Waals surface area contributed by atoms with Gasteiger partial charge in [0.1, 0.15) is 5.75 Å². The Kier molecular flexibility index (Phi) is 3.11. The lowest BCUT2D eigenvalue weighted by Crippen LogP contribution is -2.17. The summed E-state index contributed by atoms with van der Waals surface area (Å²) in [6.07, 6.45) is 0. The summed E-state index contributed by atoms with van der Waals surface area (Å²) >= 11 is 0. The Morgan fingerprint density at radius 2 is 2.13 bits per heavy atom. The number of hydrogen-bond acceptors (Lipinski definition) is 3. The topological polar surface area (TPSA) is 24.3 Å². The van der Waals surface area contributed by atoms with Crippen molar-refractivity contribution in [3.63, 3.8) is 0 Å². The van der Waals surface area contributed by atoms with Gasteiger partial charge in [0.15, 0.2) is 0 Å². The summed E-state index contributed by atoms with van der Waals surface area (Å²) in [5.41, 5.74) is 1.29. The lowest BCUT2D eigenvalue weighted by molar-refractivity contribution is 0.340. The van der Waals surface area contributed by atoms with Crippen LogP contribution in [0.4, 0.5) is 5.69 Å². The molecule has 1 fully saturated rings. The van der Waals surface area contributed by atoms with Gasteiger partial charge in [0.25, 0.3) is 0 Å². The van der Waals surface area contributed by atoms with Crippen molar-refractivity contribution >= 4 is 5.69 Å². The van der Waals surface area contributed by atoms with Crippen LogP contribution in [0.25, 0.3) is 0 Å². The molecule has 0 bridgehead atoms. The molecule has 0 saturated carbocycles. The SMILES string of the molecule is CCOc1ccc(N2CC2CNC)cc1. The van der Waals surface area contributed by atoms with Gasteiger partial charge in [0.05, 0.1) is 12.6 Å². The molecule has 1 aliphatic heterocycles. The van der Waals surface area contributed by atoms with Crippen LogP contribution >= 0.6 is 0 Å².